The van der Waals surface area contributed by atoms with E-state index in [0.717, 1.165) is 71.5 Å². The van der Waals surface area contributed by atoms with Crippen molar-refractivity contribution in [2.75, 3.05) is 0 Å². The van der Waals surface area contributed by atoms with Crippen molar-refractivity contribution in [3.05, 3.63) is 152 Å². The summed E-state index contributed by atoms with van der Waals surface area (Å²) >= 11 is 0. The van der Waals surface area contributed by atoms with Crippen LogP contribution in [-0.2, 0) is 0 Å². The van der Waals surface area contributed by atoms with E-state index in [1.165, 1.54) is 16.2 Å². The lowest BCUT2D eigenvalue weighted by molar-refractivity contribution is 0.651. The van der Waals surface area contributed by atoms with Crippen LogP contribution in [0.5, 0.6) is 0 Å². The molecule has 6 heteroatoms. The largest absolute Gasteiger partial charge is 0.437 e. The summed E-state index contributed by atoms with van der Waals surface area (Å²) < 4.78 is 11.0. The van der Waals surface area contributed by atoms with Gasteiger partial charge in [0.1, 0.15) is 5.58 Å². The summed E-state index contributed by atoms with van der Waals surface area (Å²) in [5.74, 6) is 0.566. The van der Waals surface area contributed by atoms with Crippen LogP contribution in [0, 0.1) is 0 Å². The molecule has 0 aliphatic heterocycles. The van der Waals surface area contributed by atoms with Gasteiger partial charge in [-0.1, -0.05) is 91.0 Å². The van der Waals surface area contributed by atoms with E-state index in [4.69, 9.17) is 14.4 Å². The first-order chi connectivity index (χ1) is 24.3. The van der Waals surface area contributed by atoms with Crippen LogP contribution >= 0.6 is 0 Å². The van der Waals surface area contributed by atoms with Crippen LogP contribution in [0.3, 0.4) is 0 Å². The van der Waals surface area contributed by atoms with Gasteiger partial charge in [0.2, 0.25) is 11.7 Å². The molecule has 0 N–H and O–H groups in total. The Labute approximate surface area is 279 Å². The highest BCUT2D eigenvalue weighted by Gasteiger charge is 2.24. The minimum atomic E-state index is 0.564. The van der Waals surface area contributed by atoms with Crippen molar-refractivity contribution in [3.8, 4) is 22.9 Å². The Morgan fingerprint density at radius 2 is 1.16 bits per heavy atom. The zero-order valence-corrected chi connectivity index (χ0v) is 26.1. The molecular weight excluding hydrogens is 603 g/mol. The molecule has 5 heterocycles. The molecule has 5 aromatic heterocycles. The first-order valence-corrected chi connectivity index (χ1v) is 16.4. The molecule has 11 rings (SSSR count). The smallest absolute Gasteiger partial charge is 0.238 e. The average molecular weight is 628 g/mol. The first-order valence-electron chi connectivity index (χ1n) is 16.4. The maximum Gasteiger partial charge on any atom is 0.238 e. The molecular formula is C43H25N5O. The molecule has 6 aromatic carbocycles. The van der Waals surface area contributed by atoms with Gasteiger partial charge in [0.25, 0.3) is 0 Å². The van der Waals surface area contributed by atoms with Gasteiger partial charge in [-0.05, 0) is 59.3 Å². The number of para-hydroxylation sites is 3. The number of fused-ring (bicyclic) bond motifs is 11. The van der Waals surface area contributed by atoms with Crippen LogP contribution in [-0.4, -0.2) is 24.1 Å². The quantitative estimate of drug-likeness (QED) is 0.196. The Hall–Kier alpha value is -6.79. The van der Waals surface area contributed by atoms with Crippen LogP contribution in [0.4, 0.5) is 0 Å². The number of rotatable bonds is 3. The van der Waals surface area contributed by atoms with Crippen LogP contribution in [0.2, 0.25) is 0 Å². The summed E-state index contributed by atoms with van der Waals surface area (Å²) in [6.07, 6.45) is 3.73. The third kappa shape index (κ3) is 3.68. The lowest BCUT2D eigenvalue weighted by atomic mass is 10.0. The van der Waals surface area contributed by atoms with Gasteiger partial charge in [0.05, 0.1) is 45.0 Å². The Morgan fingerprint density at radius 3 is 1.94 bits per heavy atom. The van der Waals surface area contributed by atoms with Gasteiger partial charge in [0.15, 0.2) is 0 Å². The van der Waals surface area contributed by atoms with E-state index in [9.17, 15) is 0 Å². The molecule has 0 saturated carbocycles. The summed E-state index contributed by atoms with van der Waals surface area (Å²) in [5, 5.41) is 8.92. The van der Waals surface area contributed by atoms with Gasteiger partial charge in [-0.15, -0.1) is 0 Å². The van der Waals surface area contributed by atoms with Crippen molar-refractivity contribution in [2.24, 2.45) is 0 Å². The van der Waals surface area contributed by atoms with Crippen molar-refractivity contribution in [1.29, 1.82) is 0 Å². The van der Waals surface area contributed by atoms with Gasteiger partial charge < -0.3 is 8.98 Å². The Bertz CT molecular complexity index is 3110. The van der Waals surface area contributed by atoms with Crippen LogP contribution < -0.4 is 0 Å². The van der Waals surface area contributed by atoms with Crippen LogP contribution in [0.1, 0.15) is 0 Å². The van der Waals surface area contributed by atoms with Gasteiger partial charge in [-0.3, -0.25) is 9.55 Å². The van der Waals surface area contributed by atoms with Gasteiger partial charge >= 0.3 is 0 Å². The fourth-order valence-corrected chi connectivity index (χ4v) is 7.76. The van der Waals surface area contributed by atoms with Crippen molar-refractivity contribution in [1.82, 2.24) is 24.1 Å². The number of nitrogens with zero attached hydrogens (tertiary/aromatic N) is 5. The van der Waals surface area contributed by atoms with Crippen LogP contribution in [0.15, 0.2) is 156 Å². The monoisotopic (exact) mass is 627 g/mol. The SMILES string of the molecule is c1cncc(-n2c3ccccc3c3c4c5ccccc5n(-c5nc(-c6ccc7ccccc7c6)c6c(n5)oc5ccccc56)c4ccc32)c1. The van der Waals surface area contributed by atoms with Crippen LogP contribution in [0.25, 0.3) is 99.3 Å². The number of hydrogen-bond donors (Lipinski definition) is 0. The molecule has 11 aromatic rings. The molecule has 0 aliphatic rings. The zero-order chi connectivity index (χ0) is 32.1. The molecule has 0 bridgehead atoms. The first kappa shape index (κ1) is 26.3. The fourth-order valence-electron chi connectivity index (χ4n) is 7.76. The van der Waals surface area contributed by atoms with E-state index in [1.54, 1.807) is 0 Å². The Kier molecular flexibility index (Phi) is 5.29. The molecule has 0 spiro atoms. The highest BCUT2D eigenvalue weighted by molar-refractivity contribution is 6.29. The molecule has 6 nitrogen and oxygen atoms in total. The maximum absolute atomic E-state index is 6.47. The number of aromatic nitrogens is 5. The van der Waals surface area contributed by atoms with E-state index in [1.807, 2.05) is 36.7 Å². The minimum absolute atomic E-state index is 0.564. The number of hydrogen-bond acceptors (Lipinski definition) is 4. The second-order valence-electron chi connectivity index (χ2n) is 12.5. The number of furan rings is 1. The van der Waals surface area contributed by atoms with E-state index < -0.39 is 0 Å². The molecule has 0 amide bonds. The average Bonchev–Trinajstić information content (AvgIpc) is 3.82. The summed E-state index contributed by atoms with van der Waals surface area (Å²) in [7, 11) is 0. The topological polar surface area (TPSA) is 61.7 Å². The zero-order valence-electron chi connectivity index (χ0n) is 26.1. The predicted octanol–water partition coefficient (Wildman–Crippen LogP) is 10.8. The summed E-state index contributed by atoms with van der Waals surface area (Å²) in [5.41, 5.74) is 8.55. The molecule has 228 valence electrons. The van der Waals surface area contributed by atoms with Gasteiger partial charge in [0, 0.05) is 38.7 Å². The van der Waals surface area contributed by atoms with Gasteiger partial charge in [-0.2, -0.15) is 4.98 Å². The second-order valence-corrected chi connectivity index (χ2v) is 12.5. The number of pyridine rings is 1. The summed E-state index contributed by atoms with van der Waals surface area (Å²) in [6, 6.07) is 48.7. The normalized spacial score (nSPS) is 12.1. The molecule has 0 atom stereocenters. The second kappa shape index (κ2) is 9.86. The highest BCUT2D eigenvalue weighted by atomic mass is 16.3. The van der Waals surface area contributed by atoms with Crippen molar-refractivity contribution in [3.63, 3.8) is 0 Å². The molecule has 0 fully saturated rings. The predicted molar refractivity (Wildman–Crippen MR) is 199 cm³/mol. The molecule has 0 aliphatic carbocycles. The molecule has 0 radical (unpaired) electrons. The summed E-state index contributed by atoms with van der Waals surface area (Å²) in [6.45, 7) is 0. The standard InChI is InChI=1S/C43H25N5O/c1-2-11-27-24-28(20-19-26(27)10-1)41-40-32-15-5-8-18-37(32)49-42(40)46-43(45-41)48-34-17-7-4-14-31(34)39-36(48)22-21-35-38(39)30-13-3-6-16-33(30)47(35)29-12-9-23-44-25-29/h1-25H. The third-order valence-electron chi connectivity index (χ3n) is 9.83. The van der Waals surface area contributed by atoms with Crippen molar-refractivity contribution < 1.29 is 4.42 Å². The molecule has 0 saturated heterocycles. The van der Waals surface area contributed by atoms with Crippen molar-refractivity contribution >= 4 is 76.5 Å². The lowest BCUT2D eigenvalue weighted by Crippen LogP contribution is -2.03. The minimum Gasteiger partial charge on any atom is -0.437 e. The van der Waals surface area contributed by atoms with E-state index >= 15 is 0 Å². The van der Waals surface area contributed by atoms with Crippen molar-refractivity contribution in [2.45, 2.75) is 0 Å². The van der Waals surface area contributed by atoms with Gasteiger partial charge in [-0.25, -0.2) is 4.98 Å². The molecule has 0 unspecified atom stereocenters. The molecule has 49 heavy (non-hydrogen) atoms. The lowest BCUT2D eigenvalue weighted by Gasteiger charge is -2.10. The summed E-state index contributed by atoms with van der Waals surface area (Å²) in [4.78, 5) is 15.0. The fraction of sp³-hybridized carbons (Fsp3) is 0. The number of benzene rings is 6. The highest BCUT2D eigenvalue weighted by Crippen LogP contribution is 2.43. The van der Waals surface area contributed by atoms with E-state index in [0.29, 0.717) is 11.7 Å². The maximum atomic E-state index is 6.47. The van der Waals surface area contributed by atoms with E-state index in [-0.39, 0.29) is 0 Å². The third-order valence-corrected chi connectivity index (χ3v) is 9.83. The Morgan fingerprint density at radius 1 is 0.490 bits per heavy atom. The van der Waals surface area contributed by atoms with E-state index in [2.05, 4.69) is 129 Å². The Balaban J connectivity index is 1.27.